The average molecular weight is 416 g/mol. The third-order valence-electron chi connectivity index (χ3n) is 5.94. The Kier molecular flexibility index (Phi) is 6.64. The van der Waals surface area contributed by atoms with Gasteiger partial charge in [-0.2, -0.15) is 0 Å². The van der Waals surface area contributed by atoms with Crippen molar-refractivity contribution in [2.45, 2.75) is 45.0 Å². The predicted octanol–water partition coefficient (Wildman–Crippen LogP) is 2.31. The fourth-order valence-corrected chi connectivity index (χ4v) is 4.20. The lowest BCUT2D eigenvalue weighted by molar-refractivity contribution is -0.155. The van der Waals surface area contributed by atoms with E-state index in [9.17, 15) is 9.18 Å². The highest BCUT2D eigenvalue weighted by molar-refractivity contribution is 5.78. The van der Waals surface area contributed by atoms with Crippen molar-refractivity contribution in [2.75, 3.05) is 32.8 Å². The summed E-state index contributed by atoms with van der Waals surface area (Å²) in [6.45, 7) is 6.83. The summed E-state index contributed by atoms with van der Waals surface area (Å²) in [4.78, 5) is 21.1. The minimum Gasteiger partial charge on any atom is -0.491 e. The van der Waals surface area contributed by atoms with Gasteiger partial charge in [0.15, 0.2) is 0 Å². The number of likely N-dealkylation sites (tertiary alicyclic amines) is 1. The van der Waals surface area contributed by atoms with Crippen LogP contribution >= 0.6 is 0 Å². The Balaban J connectivity index is 1.27. The number of aromatic nitrogens is 2. The number of halogens is 1. The number of piperidine rings is 1. The summed E-state index contributed by atoms with van der Waals surface area (Å²) < 4.78 is 26.6. The molecule has 1 amide bonds. The van der Waals surface area contributed by atoms with Gasteiger partial charge in [-0.25, -0.2) is 9.37 Å². The van der Waals surface area contributed by atoms with E-state index in [-0.39, 0.29) is 30.5 Å². The molecule has 1 atom stereocenters. The first-order chi connectivity index (χ1) is 14.6. The van der Waals surface area contributed by atoms with Gasteiger partial charge in [-0.3, -0.25) is 9.69 Å². The molecular weight excluding hydrogens is 387 g/mol. The lowest BCUT2D eigenvalue weighted by Gasteiger charge is -2.42. The van der Waals surface area contributed by atoms with Gasteiger partial charge >= 0.3 is 0 Å². The second kappa shape index (κ2) is 9.57. The predicted molar refractivity (Wildman–Crippen MR) is 110 cm³/mol. The molecule has 0 aliphatic carbocycles. The van der Waals surface area contributed by atoms with Gasteiger partial charge in [0, 0.05) is 38.4 Å². The van der Waals surface area contributed by atoms with E-state index in [1.165, 1.54) is 17.8 Å². The fourth-order valence-electron chi connectivity index (χ4n) is 4.20. The summed E-state index contributed by atoms with van der Waals surface area (Å²) in [5.74, 6) is 0.358. The smallest absolute Gasteiger partial charge is 0.248 e. The Labute approximate surface area is 176 Å². The minimum atomic E-state index is -0.293. The van der Waals surface area contributed by atoms with Gasteiger partial charge < -0.3 is 18.9 Å². The Morgan fingerprint density at radius 3 is 2.73 bits per heavy atom. The van der Waals surface area contributed by atoms with Crippen LogP contribution in [-0.2, 0) is 22.6 Å². The molecule has 1 aromatic heterocycles. The molecule has 30 heavy (non-hydrogen) atoms. The SMILES string of the molecule is CCn1cncc1CN1CCC(N2C[C@H](COc3ccc(F)cc3)OCC2=O)CC1. The molecule has 2 aromatic rings. The number of morpholine rings is 1. The molecule has 8 heteroatoms. The van der Waals surface area contributed by atoms with E-state index in [0.29, 0.717) is 18.9 Å². The topological polar surface area (TPSA) is 59.8 Å². The van der Waals surface area contributed by atoms with Crippen LogP contribution in [0.5, 0.6) is 5.75 Å². The maximum atomic E-state index is 13.0. The van der Waals surface area contributed by atoms with Gasteiger partial charge in [0.2, 0.25) is 5.91 Å². The molecule has 0 N–H and O–H groups in total. The largest absolute Gasteiger partial charge is 0.491 e. The van der Waals surface area contributed by atoms with Crippen molar-refractivity contribution in [1.82, 2.24) is 19.4 Å². The molecule has 2 aliphatic heterocycles. The minimum absolute atomic E-state index is 0.0514. The zero-order valence-electron chi connectivity index (χ0n) is 17.4. The first kappa shape index (κ1) is 20.8. The maximum Gasteiger partial charge on any atom is 0.248 e. The molecule has 2 aliphatic rings. The molecule has 0 unspecified atom stereocenters. The van der Waals surface area contributed by atoms with E-state index >= 15 is 0 Å². The van der Waals surface area contributed by atoms with Crippen molar-refractivity contribution in [3.63, 3.8) is 0 Å². The summed E-state index contributed by atoms with van der Waals surface area (Å²) >= 11 is 0. The Morgan fingerprint density at radius 1 is 1.23 bits per heavy atom. The van der Waals surface area contributed by atoms with Crippen LogP contribution in [0.1, 0.15) is 25.5 Å². The van der Waals surface area contributed by atoms with E-state index in [1.807, 2.05) is 17.4 Å². The second-order valence-electron chi connectivity index (χ2n) is 7.92. The number of carbonyl (C=O) groups is 1. The van der Waals surface area contributed by atoms with Crippen molar-refractivity contribution in [3.05, 3.63) is 48.3 Å². The van der Waals surface area contributed by atoms with Gasteiger partial charge in [0.05, 0.1) is 18.6 Å². The Morgan fingerprint density at radius 2 is 2.00 bits per heavy atom. The first-order valence-electron chi connectivity index (χ1n) is 10.6. The number of ether oxygens (including phenoxy) is 2. The quantitative estimate of drug-likeness (QED) is 0.693. The standard InChI is InChI=1S/C22H29FN4O3/c1-2-26-16-24-11-19(26)12-25-9-7-18(8-10-25)27-13-21(30-15-22(27)28)14-29-20-5-3-17(23)4-6-20/h3-6,11,16,18,21H,2,7-10,12-15H2,1H3/t21-/m1/s1. The van der Waals surface area contributed by atoms with Crippen LogP contribution in [0.3, 0.4) is 0 Å². The van der Waals surface area contributed by atoms with Crippen molar-refractivity contribution >= 4 is 5.91 Å². The Hall–Kier alpha value is -2.45. The van der Waals surface area contributed by atoms with Gasteiger partial charge in [0.1, 0.15) is 30.9 Å². The van der Waals surface area contributed by atoms with E-state index < -0.39 is 0 Å². The van der Waals surface area contributed by atoms with Gasteiger partial charge in [0.25, 0.3) is 0 Å². The normalized spacial score (nSPS) is 21.2. The lowest BCUT2D eigenvalue weighted by Crippen LogP contribution is -2.55. The maximum absolute atomic E-state index is 13.0. The number of benzene rings is 1. The summed E-state index contributed by atoms with van der Waals surface area (Å²) in [6.07, 6.45) is 5.55. The molecule has 7 nitrogen and oxygen atoms in total. The molecule has 1 aromatic carbocycles. The molecule has 0 radical (unpaired) electrons. The van der Waals surface area contributed by atoms with Crippen LogP contribution in [0.25, 0.3) is 0 Å². The highest BCUT2D eigenvalue weighted by Gasteiger charge is 2.34. The summed E-state index contributed by atoms with van der Waals surface area (Å²) in [6, 6.07) is 6.17. The first-order valence-corrected chi connectivity index (χ1v) is 10.6. The molecular formula is C22H29FN4O3. The summed E-state index contributed by atoms with van der Waals surface area (Å²) in [7, 11) is 0. The van der Waals surface area contributed by atoms with Gasteiger partial charge in [-0.15, -0.1) is 0 Å². The number of hydrogen-bond acceptors (Lipinski definition) is 5. The van der Waals surface area contributed by atoms with Crippen molar-refractivity contribution < 1.29 is 18.7 Å². The number of aryl methyl sites for hydroxylation is 1. The van der Waals surface area contributed by atoms with E-state index in [4.69, 9.17) is 9.47 Å². The molecule has 2 saturated heterocycles. The third kappa shape index (κ3) is 4.99. The molecule has 0 bridgehead atoms. The third-order valence-corrected chi connectivity index (χ3v) is 5.94. The van der Waals surface area contributed by atoms with Crippen LogP contribution in [-0.4, -0.2) is 70.3 Å². The van der Waals surface area contributed by atoms with Crippen molar-refractivity contribution in [1.29, 1.82) is 0 Å². The number of rotatable bonds is 7. The van der Waals surface area contributed by atoms with E-state index in [0.717, 1.165) is 39.0 Å². The summed E-state index contributed by atoms with van der Waals surface area (Å²) in [5.41, 5.74) is 1.23. The monoisotopic (exact) mass is 416 g/mol. The van der Waals surface area contributed by atoms with Crippen LogP contribution in [0.2, 0.25) is 0 Å². The Bertz CT molecular complexity index is 833. The van der Waals surface area contributed by atoms with Crippen molar-refractivity contribution in [2.24, 2.45) is 0 Å². The van der Waals surface area contributed by atoms with Gasteiger partial charge in [-0.1, -0.05) is 0 Å². The zero-order chi connectivity index (χ0) is 20.9. The molecule has 2 fully saturated rings. The number of hydrogen-bond donors (Lipinski definition) is 0. The molecule has 0 spiro atoms. The van der Waals surface area contributed by atoms with Crippen LogP contribution in [0.15, 0.2) is 36.8 Å². The van der Waals surface area contributed by atoms with Crippen LogP contribution < -0.4 is 4.74 Å². The second-order valence-corrected chi connectivity index (χ2v) is 7.92. The lowest BCUT2D eigenvalue weighted by atomic mass is 10.0. The van der Waals surface area contributed by atoms with E-state index in [2.05, 4.69) is 21.4 Å². The highest BCUT2D eigenvalue weighted by atomic mass is 19.1. The number of carbonyl (C=O) groups excluding carboxylic acids is 1. The van der Waals surface area contributed by atoms with Crippen LogP contribution in [0, 0.1) is 5.82 Å². The molecule has 0 saturated carbocycles. The number of imidazole rings is 1. The molecule has 162 valence electrons. The fraction of sp³-hybridized carbons (Fsp3) is 0.545. The average Bonchev–Trinajstić information content (AvgIpc) is 3.22. The summed E-state index contributed by atoms with van der Waals surface area (Å²) in [5, 5.41) is 0. The van der Waals surface area contributed by atoms with E-state index in [1.54, 1.807) is 12.1 Å². The number of amides is 1. The van der Waals surface area contributed by atoms with Crippen molar-refractivity contribution in [3.8, 4) is 5.75 Å². The zero-order valence-corrected chi connectivity index (χ0v) is 17.4. The molecule has 3 heterocycles. The van der Waals surface area contributed by atoms with Gasteiger partial charge in [-0.05, 0) is 44.0 Å². The highest BCUT2D eigenvalue weighted by Crippen LogP contribution is 2.22. The molecule has 4 rings (SSSR count). The number of nitrogens with zero attached hydrogens (tertiary/aromatic N) is 4. The van der Waals surface area contributed by atoms with Crippen LogP contribution in [0.4, 0.5) is 4.39 Å².